The van der Waals surface area contributed by atoms with Crippen LogP contribution in [0.1, 0.15) is 25.3 Å². The van der Waals surface area contributed by atoms with Crippen molar-refractivity contribution in [2.24, 2.45) is 0 Å². The standard InChI is InChI=1S/C22H23NO3/c1-2-3-14-25-22(24)23-21-11-7-10-18-12-13-19(15-20(18)21)26-16-17-8-5-4-6-9-17/h4-13,15H,2-3,14,16H2,1H3,(H,23,24). The van der Waals surface area contributed by atoms with Crippen molar-refractivity contribution >= 4 is 22.6 Å². The lowest BCUT2D eigenvalue weighted by Crippen LogP contribution is -2.14. The molecule has 4 nitrogen and oxygen atoms in total. The zero-order chi connectivity index (χ0) is 18.2. The van der Waals surface area contributed by atoms with Crippen LogP contribution in [0, 0.1) is 0 Å². The third-order valence-corrected chi connectivity index (χ3v) is 4.07. The van der Waals surface area contributed by atoms with Gasteiger partial charge >= 0.3 is 6.09 Å². The highest BCUT2D eigenvalue weighted by molar-refractivity contribution is 6.00. The number of carbonyl (C=O) groups is 1. The van der Waals surface area contributed by atoms with E-state index in [0.29, 0.717) is 18.9 Å². The average molecular weight is 349 g/mol. The number of anilines is 1. The predicted molar refractivity (Wildman–Crippen MR) is 105 cm³/mol. The summed E-state index contributed by atoms with van der Waals surface area (Å²) in [4.78, 5) is 12.0. The predicted octanol–water partition coefficient (Wildman–Crippen LogP) is 5.77. The summed E-state index contributed by atoms with van der Waals surface area (Å²) in [6, 6.07) is 21.7. The Kier molecular flexibility index (Phi) is 6.09. The number of fused-ring (bicyclic) bond motifs is 1. The molecule has 0 aliphatic heterocycles. The molecule has 0 unspecified atom stereocenters. The van der Waals surface area contributed by atoms with Crippen molar-refractivity contribution in [2.75, 3.05) is 11.9 Å². The zero-order valence-electron chi connectivity index (χ0n) is 14.9. The highest BCUT2D eigenvalue weighted by atomic mass is 16.5. The van der Waals surface area contributed by atoms with Crippen molar-refractivity contribution in [3.63, 3.8) is 0 Å². The van der Waals surface area contributed by atoms with Gasteiger partial charge in [-0.25, -0.2) is 4.79 Å². The van der Waals surface area contributed by atoms with E-state index in [-0.39, 0.29) is 0 Å². The summed E-state index contributed by atoms with van der Waals surface area (Å²) in [6.45, 7) is 2.99. The van der Waals surface area contributed by atoms with Crippen LogP contribution in [-0.2, 0) is 11.3 Å². The monoisotopic (exact) mass is 349 g/mol. The molecule has 3 aromatic carbocycles. The summed E-state index contributed by atoms with van der Waals surface area (Å²) in [7, 11) is 0. The quantitative estimate of drug-likeness (QED) is 0.551. The van der Waals surface area contributed by atoms with E-state index in [1.165, 1.54) is 0 Å². The molecule has 0 saturated heterocycles. The number of carbonyl (C=O) groups excluding carboxylic acids is 1. The molecular formula is C22H23NO3. The van der Waals surface area contributed by atoms with E-state index < -0.39 is 6.09 Å². The van der Waals surface area contributed by atoms with Gasteiger partial charge in [-0.05, 0) is 35.6 Å². The normalized spacial score (nSPS) is 10.5. The molecule has 0 fully saturated rings. The van der Waals surface area contributed by atoms with Gasteiger partial charge in [-0.1, -0.05) is 61.9 Å². The van der Waals surface area contributed by atoms with E-state index >= 15 is 0 Å². The van der Waals surface area contributed by atoms with Gasteiger partial charge in [0.2, 0.25) is 0 Å². The van der Waals surface area contributed by atoms with Crippen molar-refractivity contribution < 1.29 is 14.3 Å². The molecule has 26 heavy (non-hydrogen) atoms. The van der Waals surface area contributed by atoms with Crippen molar-refractivity contribution in [2.45, 2.75) is 26.4 Å². The number of hydrogen-bond acceptors (Lipinski definition) is 3. The van der Waals surface area contributed by atoms with E-state index in [2.05, 4.69) is 12.2 Å². The molecule has 0 spiro atoms. The van der Waals surface area contributed by atoms with E-state index in [1.807, 2.05) is 66.7 Å². The van der Waals surface area contributed by atoms with E-state index in [4.69, 9.17) is 9.47 Å². The minimum Gasteiger partial charge on any atom is -0.489 e. The van der Waals surface area contributed by atoms with Gasteiger partial charge in [0.05, 0.1) is 12.3 Å². The smallest absolute Gasteiger partial charge is 0.411 e. The maximum absolute atomic E-state index is 12.0. The van der Waals surface area contributed by atoms with Crippen LogP contribution >= 0.6 is 0 Å². The number of ether oxygens (including phenoxy) is 2. The van der Waals surface area contributed by atoms with Gasteiger partial charge in [0.25, 0.3) is 0 Å². The van der Waals surface area contributed by atoms with Gasteiger partial charge < -0.3 is 9.47 Å². The number of amides is 1. The number of nitrogens with one attached hydrogen (secondary N) is 1. The van der Waals surface area contributed by atoms with Crippen LogP contribution in [0.4, 0.5) is 10.5 Å². The highest BCUT2D eigenvalue weighted by Gasteiger charge is 2.08. The fourth-order valence-corrected chi connectivity index (χ4v) is 2.65. The van der Waals surface area contributed by atoms with Crippen molar-refractivity contribution in [3.8, 4) is 5.75 Å². The summed E-state index contributed by atoms with van der Waals surface area (Å²) < 4.78 is 11.1. The first kappa shape index (κ1) is 17.8. The van der Waals surface area contributed by atoms with Crippen LogP contribution in [0.5, 0.6) is 5.75 Å². The topological polar surface area (TPSA) is 47.6 Å². The Morgan fingerprint density at radius 3 is 2.65 bits per heavy atom. The first-order valence-electron chi connectivity index (χ1n) is 8.89. The lowest BCUT2D eigenvalue weighted by Gasteiger charge is -2.11. The molecule has 1 N–H and O–H groups in total. The Morgan fingerprint density at radius 2 is 1.85 bits per heavy atom. The van der Waals surface area contributed by atoms with Crippen molar-refractivity contribution in [1.82, 2.24) is 0 Å². The molecule has 0 aromatic heterocycles. The fourth-order valence-electron chi connectivity index (χ4n) is 2.65. The van der Waals surface area contributed by atoms with Crippen LogP contribution in [-0.4, -0.2) is 12.7 Å². The molecule has 0 aliphatic rings. The Morgan fingerprint density at radius 1 is 1.00 bits per heavy atom. The van der Waals surface area contributed by atoms with Gasteiger partial charge in [0, 0.05) is 5.39 Å². The number of rotatable bonds is 7. The van der Waals surface area contributed by atoms with Crippen LogP contribution in [0.2, 0.25) is 0 Å². The van der Waals surface area contributed by atoms with E-state index in [9.17, 15) is 4.79 Å². The van der Waals surface area contributed by atoms with Gasteiger partial charge in [-0.3, -0.25) is 5.32 Å². The van der Waals surface area contributed by atoms with Gasteiger partial charge in [0.1, 0.15) is 12.4 Å². The number of benzene rings is 3. The molecule has 4 heteroatoms. The molecular weight excluding hydrogens is 326 g/mol. The van der Waals surface area contributed by atoms with E-state index in [1.54, 1.807) is 0 Å². The summed E-state index contributed by atoms with van der Waals surface area (Å²) >= 11 is 0. The third-order valence-electron chi connectivity index (χ3n) is 4.07. The highest BCUT2D eigenvalue weighted by Crippen LogP contribution is 2.28. The van der Waals surface area contributed by atoms with Gasteiger partial charge in [-0.15, -0.1) is 0 Å². The first-order valence-corrected chi connectivity index (χ1v) is 8.89. The second-order valence-corrected chi connectivity index (χ2v) is 6.08. The van der Waals surface area contributed by atoms with Crippen molar-refractivity contribution in [1.29, 1.82) is 0 Å². The van der Waals surface area contributed by atoms with Crippen LogP contribution in [0.3, 0.4) is 0 Å². The summed E-state index contributed by atoms with van der Waals surface area (Å²) in [5.74, 6) is 0.759. The first-order chi connectivity index (χ1) is 12.8. The molecule has 0 saturated carbocycles. The number of hydrogen-bond donors (Lipinski definition) is 1. The maximum atomic E-state index is 12.0. The Balaban J connectivity index is 1.73. The van der Waals surface area contributed by atoms with Crippen LogP contribution in [0.25, 0.3) is 10.8 Å². The molecule has 0 radical (unpaired) electrons. The molecule has 3 aromatic rings. The van der Waals surface area contributed by atoms with Crippen molar-refractivity contribution in [3.05, 3.63) is 72.3 Å². The number of unbranched alkanes of at least 4 members (excludes halogenated alkanes) is 1. The Hall–Kier alpha value is -3.01. The molecule has 0 aliphatic carbocycles. The Labute approximate surface area is 153 Å². The summed E-state index contributed by atoms with van der Waals surface area (Å²) in [5, 5.41) is 4.78. The fraction of sp³-hybridized carbons (Fsp3) is 0.227. The zero-order valence-corrected chi connectivity index (χ0v) is 14.9. The second kappa shape index (κ2) is 8.90. The summed E-state index contributed by atoms with van der Waals surface area (Å²) in [6.07, 6.45) is 1.42. The molecule has 3 rings (SSSR count). The largest absolute Gasteiger partial charge is 0.489 e. The molecule has 0 bridgehead atoms. The molecule has 0 atom stereocenters. The molecule has 1 amide bonds. The molecule has 134 valence electrons. The SMILES string of the molecule is CCCCOC(=O)Nc1cccc2ccc(OCc3ccccc3)cc12. The van der Waals surface area contributed by atoms with Crippen LogP contribution < -0.4 is 10.1 Å². The lowest BCUT2D eigenvalue weighted by atomic mass is 10.1. The Bertz CT molecular complexity index is 862. The third kappa shape index (κ3) is 4.76. The molecule has 0 heterocycles. The van der Waals surface area contributed by atoms with Gasteiger partial charge in [0.15, 0.2) is 0 Å². The minimum absolute atomic E-state index is 0.429. The van der Waals surface area contributed by atoms with Crippen LogP contribution in [0.15, 0.2) is 66.7 Å². The summed E-state index contributed by atoms with van der Waals surface area (Å²) in [5.41, 5.74) is 1.83. The lowest BCUT2D eigenvalue weighted by molar-refractivity contribution is 0.160. The van der Waals surface area contributed by atoms with Gasteiger partial charge in [-0.2, -0.15) is 0 Å². The van der Waals surface area contributed by atoms with E-state index in [0.717, 1.165) is 34.9 Å². The average Bonchev–Trinajstić information content (AvgIpc) is 2.68. The maximum Gasteiger partial charge on any atom is 0.411 e. The second-order valence-electron chi connectivity index (χ2n) is 6.08. The minimum atomic E-state index is -0.429.